The molecule has 2 aromatic heterocycles. The van der Waals surface area contributed by atoms with E-state index in [0.717, 1.165) is 20.9 Å². The Balaban J connectivity index is 1.62. The minimum Gasteiger partial charge on any atom is -0.348 e. The topological polar surface area (TPSA) is 90.9 Å². The van der Waals surface area contributed by atoms with Gasteiger partial charge in [0.15, 0.2) is 11.2 Å². The van der Waals surface area contributed by atoms with Crippen molar-refractivity contribution in [1.82, 2.24) is 24.0 Å². The Morgan fingerprint density at radius 1 is 1.07 bits per heavy atom. The highest BCUT2D eigenvalue weighted by Gasteiger charge is 2.17. The third-order valence-corrected chi connectivity index (χ3v) is 5.20. The quantitative estimate of drug-likeness (QED) is 0.570. The first kappa shape index (κ1) is 18.7. The highest BCUT2D eigenvalue weighted by molar-refractivity contribution is 5.87. The van der Waals surface area contributed by atoms with Crippen LogP contribution in [-0.2, 0) is 25.4 Å². The fourth-order valence-electron chi connectivity index (χ4n) is 3.66. The van der Waals surface area contributed by atoms with Gasteiger partial charge >= 0.3 is 5.69 Å². The standard InChI is InChI=1S/C21H21N5O3/c1-13(15-10-6-8-14-7-4-5-9-16(14)15)23-17(27)11-26-12-22-19-18(26)20(28)25(3)21(29)24(19)2/h4-10,12-13H,11H2,1-3H3,(H,23,27)/t13-/m1/s1. The maximum Gasteiger partial charge on any atom is 0.332 e. The van der Waals surface area contributed by atoms with Gasteiger partial charge in [-0.2, -0.15) is 0 Å². The second-order valence-electron chi connectivity index (χ2n) is 7.11. The summed E-state index contributed by atoms with van der Waals surface area (Å²) in [6.45, 7) is 1.85. The lowest BCUT2D eigenvalue weighted by Gasteiger charge is -2.17. The maximum atomic E-state index is 12.7. The zero-order valence-electron chi connectivity index (χ0n) is 16.4. The predicted octanol–water partition coefficient (Wildman–Crippen LogP) is 1.46. The van der Waals surface area contributed by atoms with E-state index in [1.54, 1.807) is 7.05 Å². The molecule has 2 heterocycles. The Morgan fingerprint density at radius 2 is 1.79 bits per heavy atom. The number of fused-ring (bicyclic) bond motifs is 2. The van der Waals surface area contributed by atoms with Crippen LogP contribution in [0.25, 0.3) is 21.9 Å². The number of hydrogen-bond donors (Lipinski definition) is 1. The van der Waals surface area contributed by atoms with Crippen molar-refractivity contribution in [3.63, 3.8) is 0 Å². The molecule has 8 nitrogen and oxygen atoms in total. The molecule has 0 saturated carbocycles. The SMILES string of the molecule is C[C@@H](NC(=O)Cn1cnc2c1c(=O)n(C)c(=O)n2C)c1cccc2ccccc12. The fraction of sp³-hybridized carbons (Fsp3) is 0.238. The van der Waals surface area contributed by atoms with Gasteiger partial charge in [0.05, 0.1) is 12.4 Å². The zero-order valence-corrected chi connectivity index (χ0v) is 16.4. The number of benzene rings is 2. The van der Waals surface area contributed by atoms with E-state index in [2.05, 4.69) is 10.3 Å². The van der Waals surface area contributed by atoms with Gasteiger partial charge in [0.25, 0.3) is 5.56 Å². The minimum atomic E-state index is -0.476. The molecular formula is C21H21N5O3. The van der Waals surface area contributed by atoms with Crippen LogP contribution in [-0.4, -0.2) is 24.6 Å². The smallest absolute Gasteiger partial charge is 0.332 e. The summed E-state index contributed by atoms with van der Waals surface area (Å²) >= 11 is 0. The van der Waals surface area contributed by atoms with Crippen LogP contribution < -0.4 is 16.6 Å². The Bertz CT molecular complexity index is 1360. The zero-order chi connectivity index (χ0) is 20.7. The van der Waals surface area contributed by atoms with Gasteiger partial charge in [-0.1, -0.05) is 42.5 Å². The van der Waals surface area contributed by atoms with Crippen LogP contribution in [0.4, 0.5) is 0 Å². The number of amides is 1. The Hall–Kier alpha value is -3.68. The number of hydrogen-bond acceptors (Lipinski definition) is 4. The molecule has 148 valence electrons. The van der Waals surface area contributed by atoms with Crippen molar-refractivity contribution in [2.24, 2.45) is 14.1 Å². The van der Waals surface area contributed by atoms with Gasteiger partial charge in [-0.05, 0) is 23.3 Å². The second-order valence-corrected chi connectivity index (χ2v) is 7.11. The van der Waals surface area contributed by atoms with Gasteiger partial charge in [0, 0.05) is 14.1 Å². The molecule has 8 heteroatoms. The van der Waals surface area contributed by atoms with E-state index in [1.165, 1.54) is 22.5 Å². The summed E-state index contributed by atoms with van der Waals surface area (Å²) < 4.78 is 3.78. The number of aryl methyl sites for hydroxylation is 1. The molecule has 4 rings (SSSR count). The molecule has 1 N–H and O–H groups in total. The van der Waals surface area contributed by atoms with Gasteiger partial charge in [-0.25, -0.2) is 9.78 Å². The normalized spacial score (nSPS) is 12.4. The van der Waals surface area contributed by atoms with E-state index in [1.807, 2.05) is 49.4 Å². The number of carbonyl (C=O) groups is 1. The molecule has 1 amide bonds. The molecule has 0 aliphatic carbocycles. The van der Waals surface area contributed by atoms with Crippen molar-refractivity contribution in [1.29, 1.82) is 0 Å². The van der Waals surface area contributed by atoms with Gasteiger partial charge < -0.3 is 9.88 Å². The number of carbonyl (C=O) groups excluding carboxylic acids is 1. The molecule has 4 aromatic rings. The summed E-state index contributed by atoms with van der Waals surface area (Å²) in [4.78, 5) is 41.4. The summed E-state index contributed by atoms with van der Waals surface area (Å²) in [6, 6.07) is 13.8. The highest BCUT2D eigenvalue weighted by Crippen LogP contribution is 2.24. The molecule has 1 atom stereocenters. The number of rotatable bonds is 4. The largest absolute Gasteiger partial charge is 0.348 e. The first-order valence-corrected chi connectivity index (χ1v) is 9.26. The molecule has 2 aromatic carbocycles. The van der Waals surface area contributed by atoms with E-state index < -0.39 is 11.2 Å². The second kappa shape index (κ2) is 7.05. The van der Waals surface area contributed by atoms with E-state index in [0.29, 0.717) is 0 Å². The number of aromatic nitrogens is 4. The van der Waals surface area contributed by atoms with Crippen LogP contribution in [0.2, 0.25) is 0 Å². The van der Waals surface area contributed by atoms with E-state index in [9.17, 15) is 14.4 Å². The maximum absolute atomic E-state index is 12.7. The number of nitrogens with zero attached hydrogens (tertiary/aromatic N) is 4. The third kappa shape index (κ3) is 3.12. The van der Waals surface area contributed by atoms with Crippen LogP contribution in [0.15, 0.2) is 58.4 Å². The molecule has 0 radical (unpaired) electrons. The Morgan fingerprint density at radius 3 is 2.59 bits per heavy atom. The molecule has 0 fully saturated rings. The summed E-state index contributed by atoms with van der Waals surface area (Å²) in [5.41, 5.74) is 0.568. The molecule has 0 aliphatic rings. The van der Waals surface area contributed by atoms with Crippen molar-refractivity contribution < 1.29 is 4.79 Å². The molecule has 0 unspecified atom stereocenters. The monoisotopic (exact) mass is 391 g/mol. The summed E-state index contributed by atoms with van der Waals surface area (Å²) in [5, 5.41) is 5.18. The van der Waals surface area contributed by atoms with Crippen LogP contribution in [0.1, 0.15) is 18.5 Å². The van der Waals surface area contributed by atoms with Crippen molar-refractivity contribution in [3.05, 3.63) is 75.2 Å². The lowest BCUT2D eigenvalue weighted by molar-refractivity contribution is -0.122. The van der Waals surface area contributed by atoms with Crippen LogP contribution >= 0.6 is 0 Å². The first-order chi connectivity index (χ1) is 13.9. The molecule has 0 spiro atoms. The number of nitrogens with one attached hydrogen (secondary N) is 1. The molecule has 0 bridgehead atoms. The summed E-state index contributed by atoms with van der Waals surface area (Å²) in [7, 11) is 2.95. The number of imidazole rings is 1. The van der Waals surface area contributed by atoms with E-state index in [4.69, 9.17) is 0 Å². The Labute approximate surface area is 166 Å². The van der Waals surface area contributed by atoms with Crippen molar-refractivity contribution >= 4 is 27.8 Å². The van der Waals surface area contributed by atoms with Gasteiger partial charge in [0.1, 0.15) is 6.54 Å². The minimum absolute atomic E-state index is 0.0704. The fourth-order valence-corrected chi connectivity index (χ4v) is 3.66. The summed E-state index contributed by atoms with van der Waals surface area (Å²) in [5.74, 6) is -0.249. The first-order valence-electron chi connectivity index (χ1n) is 9.26. The van der Waals surface area contributed by atoms with Gasteiger partial charge in [0.2, 0.25) is 5.91 Å². The average Bonchev–Trinajstić information content (AvgIpc) is 3.13. The van der Waals surface area contributed by atoms with Crippen molar-refractivity contribution in [2.45, 2.75) is 19.5 Å². The lowest BCUT2D eigenvalue weighted by atomic mass is 10.00. The highest BCUT2D eigenvalue weighted by atomic mass is 16.2. The van der Waals surface area contributed by atoms with Crippen LogP contribution in [0.5, 0.6) is 0 Å². The summed E-state index contributed by atoms with van der Waals surface area (Å²) in [6.07, 6.45) is 1.41. The van der Waals surface area contributed by atoms with Crippen LogP contribution in [0.3, 0.4) is 0 Å². The van der Waals surface area contributed by atoms with Crippen LogP contribution in [0, 0.1) is 0 Å². The third-order valence-electron chi connectivity index (χ3n) is 5.20. The molecule has 29 heavy (non-hydrogen) atoms. The van der Waals surface area contributed by atoms with Gasteiger partial charge in [-0.15, -0.1) is 0 Å². The van der Waals surface area contributed by atoms with E-state index in [-0.39, 0.29) is 29.7 Å². The molecule has 0 saturated heterocycles. The van der Waals surface area contributed by atoms with Crippen molar-refractivity contribution in [3.8, 4) is 0 Å². The molecular weight excluding hydrogens is 370 g/mol. The predicted molar refractivity (Wildman–Crippen MR) is 111 cm³/mol. The van der Waals surface area contributed by atoms with Crippen molar-refractivity contribution in [2.75, 3.05) is 0 Å². The van der Waals surface area contributed by atoms with Gasteiger partial charge in [-0.3, -0.25) is 18.7 Å². The average molecular weight is 391 g/mol. The molecule has 0 aliphatic heterocycles. The van der Waals surface area contributed by atoms with E-state index >= 15 is 0 Å². The Kier molecular flexibility index (Phi) is 4.54. The lowest BCUT2D eigenvalue weighted by Crippen LogP contribution is -2.38.